The molecule has 2 N–H and O–H groups in total. The fourth-order valence-electron chi connectivity index (χ4n) is 1.75. The van der Waals surface area contributed by atoms with E-state index in [2.05, 4.69) is 10.0 Å². The van der Waals surface area contributed by atoms with Gasteiger partial charge in [0, 0.05) is 24.1 Å². The summed E-state index contributed by atoms with van der Waals surface area (Å²) in [7, 11) is -3.39. The Bertz CT molecular complexity index is 478. The van der Waals surface area contributed by atoms with Crippen LogP contribution in [0.4, 0.5) is 0 Å². The van der Waals surface area contributed by atoms with Gasteiger partial charge in [0.05, 0.1) is 6.61 Å². The molecular formula is C11H18N2O3S2. The van der Waals surface area contributed by atoms with Crippen molar-refractivity contribution in [3.05, 3.63) is 17.0 Å². The van der Waals surface area contributed by atoms with Gasteiger partial charge in [0.15, 0.2) is 0 Å². The predicted octanol–water partition coefficient (Wildman–Crippen LogP) is 0.925. The van der Waals surface area contributed by atoms with E-state index in [1.807, 2.05) is 13.0 Å². The van der Waals surface area contributed by atoms with Gasteiger partial charge >= 0.3 is 0 Å². The van der Waals surface area contributed by atoms with E-state index in [0.717, 1.165) is 17.8 Å². The molecule has 1 fully saturated rings. The zero-order valence-electron chi connectivity index (χ0n) is 10.3. The number of thiophene rings is 1. The second kappa shape index (κ2) is 6.12. The molecule has 0 amide bonds. The van der Waals surface area contributed by atoms with Crippen molar-refractivity contribution in [2.75, 3.05) is 19.8 Å². The molecule has 18 heavy (non-hydrogen) atoms. The van der Waals surface area contributed by atoms with Crippen molar-refractivity contribution >= 4 is 21.4 Å². The quantitative estimate of drug-likeness (QED) is 0.818. The molecule has 0 aromatic carbocycles. The van der Waals surface area contributed by atoms with Crippen molar-refractivity contribution in [3.8, 4) is 0 Å². The molecule has 1 unspecified atom stereocenters. The van der Waals surface area contributed by atoms with Gasteiger partial charge in [-0.3, -0.25) is 0 Å². The summed E-state index contributed by atoms with van der Waals surface area (Å²) in [5.41, 5.74) is 0. The third-order valence-corrected chi connectivity index (χ3v) is 5.80. The number of ether oxygens (including phenoxy) is 1. The molecule has 2 rings (SSSR count). The lowest BCUT2D eigenvalue weighted by molar-refractivity contribution is 0.192. The highest BCUT2D eigenvalue weighted by molar-refractivity contribution is 7.91. The van der Waals surface area contributed by atoms with Gasteiger partial charge in [-0.1, -0.05) is 6.92 Å². The first-order valence-corrected chi connectivity index (χ1v) is 8.31. The fourth-order valence-corrected chi connectivity index (χ4v) is 4.35. The Labute approximate surface area is 112 Å². The standard InChI is InChI=1S/C11H18N2O3S2/c1-2-12-7-10-3-4-11(17-10)18(14,15)13-9-5-6-16-8-9/h3-4,9,12-13H,2,5-8H2,1H3. The largest absolute Gasteiger partial charge is 0.380 e. The van der Waals surface area contributed by atoms with Gasteiger partial charge in [0.25, 0.3) is 0 Å². The first-order chi connectivity index (χ1) is 8.62. The van der Waals surface area contributed by atoms with Gasteiger partial charge in [-0.15, -0.1) is 11.3 Å². The lowest BCUT2D eigenvalue weighted by Crippen LogP contribution is -2.34. The van der Waals surface area contributed by atoms with E-state index in [4.69, 9.17) is 4.74 Å². The highest BCUT2D eigenvalue weighted by Crippen LogP contribution is 2.22. The Morgan fingerprint density at radius 2 is 2.33 bits per heavy atom. The van der Waals surface area contributed by atoms with Crippen molar-refractivity contribution in [1.29, 1.82) is 0 Å². The van der Waals surface area contributed by atoms with Crippen LogP contribution in [-0.2, 0) is 21.3 Å². The molecule has 1 aliphatic heterocycles. The third kappa shape index (κ3) is 3.52. The number of rotatable bonds is 6. The molecule has 0 bridgehead atoms. The van der Waals surface area contributed by atoms with Crippen molar-refractivity contribution in [3.63, 3.8) is 0 Å². The summed E-state index contributed by atoms with van der Waals surface area (Å²) in [6.45, 7) is 4.70. The molecule has 1 aliphatic rings. The van der Waals surface area contributed by atoms with Gasteiger partial charge in [-0.25, -0.2) is 13.1 Å². The van der Waals surface area contributed by atoms with Crippen LogP contribution in [0.1, 0.15) is 18.2 Å². The minimum atomic E-state index is -3.39. The van der Waals surface area contributed by atoms with Gasteiger partial charge in [0.2, 0.25) is 10.0 Å². The third-order valence-electron chi connectivity index (χ3n) is 2.70. The lowest BCUT2D eigenvalue weighted by Gasteiger charge is -2.09. The maximum atomic E-state index is 12.1. The summed E-state index contributed by atoms with van der Waals surface area (Å²) in [4.78, 5) is 1.03. The zero-order valence-corrected chi connectivity index (χ0v) is 11.9. The SMILES string of the molecule is CCNCc1ccc(S(=O)(=O)NC2CCOC2)s1. The second-order valence-corrected chi connectivity index (χ2v) is 7.29. The first-order valence-electron chi connectivity index (χ1n) is 6.01. The molecule has 0 spiro atoms. The van der Waals surface area contributed by atoms with E-state index in [-0.39, 0.29) is 6.04 Å². The van der Waals surface area contributed by atoms with Crippen LogP contribution in [0.2, 0.25) is 0 Å². The fraction of sp³-hybridized carbons (Fsp3) is 0.636. The maximum absolute atomic E-state index is 12.1. The smallest absolute Gasteiger partial charge is 0.250 e. The Morgan fingerprint density at radius 1 is 1.50 bits per heavy atom. The Hall–Kier alpha value is -0.470. The Balaban J connectivity index is 2.02. The average Bonchev–Trinajstić information content (AvgIpc) is 2.96. The molecule has 7 heteroatoms. The summed E-state index contributed by atoms with van der Waals surface area (Å²) in [5.74, 6) is 0. The maximum Gasteiger partial charge on any atom is 0.250 e. The monoisotopic (exact) mass is 290 g/mol. The van der Waals surface area contributed by atoms with Crippen molar-refractivity contribution < 1.29 is 13.2 Å². The highest BCUT2D eigenvalue weighted by atomic mass is 32.2. The number of sulfonamides is 1. The Kier molecular flexibility index (Phi) is 4.74. The normalized spacial score (nSPS) is 20.4. The van der Waals surface area contributed by atoms with E-state index >= 15 is 0 Å². The summed E-state index contributed by atoms with van der Waals surface area (Å²) in [6.07, 6.45) is 0.745. The summed E-state index contributed by atoms with van der Waals surface area (Å²) < 4.78 is 32.4. The number of hydrogen-bond donors (Lipinski definition) is 2. The predicted molar refractivity (Wildman–Crippen MR) is 71.2 cm³/mol. The lowest BCUT2D eigenvalue weighted by atomic mass is 10.3. The summed E-state index contributed by atoms with van der Waals surface area (Å²) >= 11 is 1.31. The van der Waals surface area contributed by atoms with Crippen LogP contribution in [0.5, 0.6) is 0 Å². The van der Waals surface area contributed by atoms with Gasteiger partial charge in [0.1, 0.15) is 4.21 Å². The molecule has 0 aliphatic carbocycles. The molecule has 102 valence electrons. The van der Waals surface area contributed by atoms with E-state index < -0.39 is 10.0 Å². The average molecular weight is 290 g/mol. The molecule has 1 aromatic heterocycles. The molecule has 1 saturated heterocycles. The van der Waals surface area contributed by atoms with Crippen LogP contribution in [-0.4, -0.2) is 34.2 Å². The molecule has 5 nitrogen and oxygen atoms in total. The van der Waals surface area contributed by atoms with Gasteiger partial charge < -0.3 is 10.1 Å². The minimum absolute atomic E-state index is 0.0886. The molecule has 2 heterocycles. The van der Waals surface area contributed by atoms with E-state index in [1.165, 1.54) is 11.3 Å². The molecule has 1 aromatic rings. The van der Waals surface area contributed by atoms with Crippen LogP contribution >= 0.6 is 11.3 Å². The van der Waals surface area contributed by atoms with Crippen molar-refractivity contribution in [1.82, 2.24) is 10.0 Å². The summed E-state index contributed by atoms with van der Waals surface area (Å²) in [5, 5.41) is 3.18. The van der Waals surface area contributed by atoms with Gasteiger partial charge in [-0.05, 0) is 25.1 Å². The molecule has 0 saturated carbocycles. The van der Waals surface area contributed by atoms with Gasteiger partial charge in [-0.2, -0.15) is 0 Å². The van der Waals surface area contributed by atoms with Crippen LogP contribution in [0, 0.1) is 0 Å². The first kappa shape index (κ1) is 14.0. The van der Waals surface area contributed by atoms with E-state index in [1.54, 1.807) is 6.07 Å². The zero-order chi connectivity index (χ0) is 13.0. The Morgan fingerprint density at radius 3 is 3.00 bits per heavy atom. The van der Waals surface area contributed by atoms with Crippen molar-refractivity contribution in [2.45, 2.75) is 30.1 Å². The van der Waals surface area contributed by atoms with E-state index in [9.17, 15) is 8.42 Å². The van der Waals surface area contributed by atoms with Crippen LogP contribution in [0.25, 0.3) is 0 Å². The second-order valence-electron chi connectivity index (χ2n) is 4.18. The molecule has 0 radical (unpaired) electrons. The molecular weight excluding hydrogens is 272 g/mol. The minimum Gasteiger partial charge on any atom is -0.380 e. The summed E-state index contributed by atoms with van der Waals surface area (Å²) in [6, 6.07) is 3.43. The molecule has 1 atom stereocenters. The number of hydrogen-bond acceptors (Lipinski definition) is 5. The van der Waals surface area contributed by atoms with E-state index in [0.29, 0.717) is 24.0 Å². The van der Waals surface area contributed by atoms with Crippen LogP contribution < -0.4 is 10.0 Å². The van der Waals surface area contributed by atoms with Crippen LogP contribution in [0.15, 0.2) is 16.3 Å². The van der Waals surface area contributed by atoms with Crippen molar-refractivity contribution in [2.24, 2.45) is 0 Å². The topological polar surface area (TPSA) is 67.4 Å². The highest BCUT2D eigenvalue weighted by Gasteiger charge is 2.24. The number of nitrogens with one attached hydrogen (secondary N) is 2. The van der Waals surface area contributed by atoms with Crippen LogP contribution in [0.3, 0.4) is 0 Å².